The van der Waals surface area contributed by atoms with Crippen LogP contribution in [0.2, 0.25) is 0 Å². The minimum absolute atomic E-state index is 0.0119. The highest BCUT2D eigenvalue weighted by Crippen LogP contribution is 2.47. The summed E-state index contributed by atoms with van der Waals surface area (Å²) in [6.07, 6.45) is 0.481. The molecule has 190 valence electrons. The van der Waals surface area contributed by atoms with Gasteiger partial charge in [0.25, 0.3) is 6.29 Å². The van der Waals surface area contributed by atoms with E-state index >= 15 is 0 Å². The number of rotatable bonds is 10. The van der Waals surface area contributed by atoms with Gasteiger partial charge in [0.1, 0.15) is 13.2 Å². The van der Waals surface area contributed by atoms with Crippen molar-refractivity contribution in [3.05, 3.63) is 23.5 Å². The first-order valence-corrected chi connectivity index (χ1v) is 11.3. The van der Waals surface area contributed by atoms with Crippen molar-refractivity contribution in [2.75, 3.05) is 13.2 Å². The fraction of sp³-hybridized carbons (Fsp3) is 0.667. The number of aliphatic hydroxyl groups is 1. The molecule has 0 bridgehead atoms. The lowest BCUT2D eigenvalue weighted by Crippen LogP contribution is -2.55. The molecule has 0 aromatic rings. The van der Waals surface area contributed by atoms with Crippen LogP contribution < -0.4 is 0 Å². The van der Waals surface area contributed by atoms with Crippen LogP contribution in [0.4, 0.5) is 0 Å². The van der Waals surface area contributed by atoms with Crippen molar-refractivity contribution in [1.82, 2.24) is 0 Å². The molecule has 0 saturated heterocycles. The molecule has 0 radical (unpaired) electrons. The second kappa shape index (κ2) is 11.5. The zero-order valence-electron chi connectivity index (χ0n) is 20.5. The lowest BCUT2D eigenvalue weighted by Gasteiger charge is -2.40. The summed E-state index contributed by atoms with van der Waals surface area (Å²) in [7, 11) is 0. The number of hydrogen-bond donors (Lipinski definition) is 1. The predicted molar refractivity (Wildman–Crippen MR) is 118 cm³/mol. The van der Waals surface area contributed by atoms with Gasteiger partial charge in [-0.2, -0.15) is 0 Å². The maximum Gasteiger partial charge on any atom is 0.309 e. The van der Waals surface area contributed by atoms with E-state index in [2.05, 4.69) is 0 Å². The first-order chi connectivity index (χ1) is 15.8. The first-order valence-electron chi connectivity index (χ1n) is 11.3. The van der Waals surface area contributed by atoms with E-state index in [1.165, 1.54) is 26.2 Å². The van der Waals surface area contributed by atoms with Crippen LogP contribution in [0.3, 0.4) is 0 Å². The topological polar surface area (TPSA) is 135 Å². The summed E-state index contributed by atoms with van der Waals surface area (Å²) in [4.78, 5) is 47.8. The molecule has 0 spiro atoms. The van der Waals surface area contributed by atoms with E-state index in [-0.39, 0.29) is 31.3 Å². The molecule has 1 heterocycles. The van der Waals surface area contributed by atoms with E-state index in [1.807, 2.05) is 27.7 Å². The number of hydrogen-bond acceptors (Lipinski definition) is 10. The fourth-order valence-electron chi connectivity index (χ4n) is 3.79. The van der Waals surface area contributed by atoms with Gasteiger partial charge in [0, 0.05) is 32.3 Å². The number of ether oxygens (including phenoxy) is 5. The van der Waals surface area contributed by atoms with Crippen molar-refractivity contribution < 1.29 is 48.0 Å². The third-order valence-electron chi connectivity index (χ3n) is 5.28. The highest BCUT2D eigenvalue weighted by molar-refractivity contribution is 5.71. The van der Waals surface area contributed by atoms with E-state index in [0.717, 1.165) is 0 Å². The van der Waals surface area contributed by atoms with Gasteiger partial charge in [-0.3, -0.25) is 19.2 Å². The minimum atomic E-state index is -1.99. The van der Waals surface area contributed by atoms with E-state index in [0.29, 0.717) is 11.1 Å². The molecule has 10 nitrogen and oxygen atoms in total. The number of fused-ring (bicyclic) bond motifs is 1. The molecule has 4 atom stereocenters. The van der Waals surface area contributed by atoms with Crippen LogP contribution in [0.15, 0.2) is 23.5 Å². The second-order valence-corrected chi connectivity index (χ2v) is 9.40. The zero-order valence-corrected chi connectivity index (χ0v) is 20.5. The summed E-state index contributed by atoms with van der Waals surface area (Å²) in [6, 6.07) is 0. The molecule has 1 aliphatic carbocycles. The lowest BCUT2D eigenvalue weighted by molar-refractivity contribution is -0.217. The zero-order chi connectivity index (χ0) is 25.6. The summed E-state index contributed by atoms with van der Waals surface area (Å²) in [5.74, 6) is -3.34. The van der Waals surface area contributed by atoms with Crippen LogP contribution in [0.5, 0.6) is 0 Å². The Morgan fingerprint density at radius 3 is 2.06 bits per heavy atom. The van der Waals surface area contributed by atoms with Gasteiger partial charge in [-0.05, 0) is 23.5 Å². The normalized spacial score (nSPS) is 25.6. The van der Waals surface area contributed by atoms with Crippen molar-refractivity contribution in [2.24, 2.45) is 17.8 Å². The smallest absolute Gasteiger partial charge is 0.309 e. The maximum absolute atomic E-state index is 12.4. The average Bonchev–Trinajstić information content (AvgIpc) is 2.97. The third-order valence-corrected chi connectivity index (χ3v) is 5.28. The summed E-state index contributed by atoms with van der Waals surface area (Å²) >= 11 is 0. The monoisotopic (exact) mass is 482 g/mol. The largest absolute Gasteiger partial charge is 0.463 e. The Morgan fingerprint density at radius 1 is 0.971 bits per heavy atom. The van der Waals surface area contributed by atoms with Gasteiger partial charge in [0.05, 0.1) is 12.2 Å². The predicted octanol–water partition coefficient (Wildman–Crippen LogP) is 2.19. The number of carbonyl (C=O) groups is 4. The highest BCUT2D eigenvalue weighted by atomic mass is 16.7. The van der Waals surface area contributed by atoms with Crippen LogP contribution in [-0.2, 0) is 42.9 Å². The fourth-order valence-corrected chi connectivity index (χ4v) is 3.79. The second-order valence-electron chi connectivity index (χ2n) is 9.40. The van der Waals surface area contributed by atoms with Crippen LogP contribution >= 0.6 is 0 Å². The molecule has 2 aliphatic rings. The van der Waals surface area contributed by atoms with E-state index in [1.54, 1.807) is 0 Å². The van der Waals surface area contributed by atoms with E-state index in [9.17, 15) is 24.3 Å². The molecule has 1 aliphatic heterocycles. The highest BCUT2D eigenvalue weighted by Gasteiger charge is 2.59. The van der Waals surface area contributed by atoms with Gasteiger partial charge in [-0.15, -0.1) is 0 Å². The SMILES string of the molecule is CC(=O)OCC1=CO[C@@H](OC(=O)CC(C)C)[C@H]2C1=C[C@H](OC(=O)CC(C)C)[C@]2(O)COC(C)=O. The molecular weight excluding hydrogens is 448 g/mol. The van der Waals surface area contributed by atoms with Crippen LogP contribution in [0.25, 0.3) is 0 Å². The molecular formula is C24H34O10. The molecule has 34 heavy (non-hydrogen) atoms. The molecule has 0 saturated carbocycles. The molecule has 0 unspecified atom stereocenters. The maximum atomic E-state index is 12.4. The van der Waals surface area contributed by atoms with Gasteiger partial charge >= 0.3 is 23.9 Å². The van der Waals surface area contributed by atoms with E-state index in [4.69, 9.17) is 23.7 Å². The Labute approximate surface area is 199 Å². The Balaban J connectivity index is 2.45. The van der Waals surface area contributed by atoms with Crippen molar-refractivity contribution in [3.63, 3.8) is 0 Å². The first kappa shape index (κ1) is 27.4. The molecule has 0 aromatic heterocycles. The summed E-state index contributed by atoms with van der Waals surface area (Å²) in [5.41, 5.74) is -1.20. The molecule has 0 aromatic carbocycles. The molecule has 0 amide bonds. The molecule has 1 N–H and O–H groups in total. The Hall–Kier alpha value is -2.88. The summed E-state index contributed by atoms with van der Waals surface area (Å²) in [5, 5.41) is 11.7. The van der Waals surface area contributed by atoms with Crippen LogP contribution in [0, 0.1) is 17.8 Å². The Morgan fingerprint density at radius 2 is 1.53 bits per heavy atom. The number of esters is 4. The number of carbonyl (C=O) groups excluding carboxylic acids is 4. The third kappa shape index (κ3) is 7.06. The summed E-state index contributed by atoms with van der Waals surface area (Å²) in [6.45, 7) is 9.08. The van der Waals surface area contributed by atoms with Crippen LogP contribution in [-0.4, -0.2) is 60.2 Å². The Bertz CT molecular complexity index is 856. The van der Waals surface area contributed by atoms with Crippen molar-refractivity contribution in [2.45, 2.75) is 72.4 Å². The Kier molecular flexibility index (Phi) is 9.26. The van der Waals surface area contributed by atoms with Crippen molar-refractivity contribution in [3.8, 4) is 0 Å². The van der Waals surface area contributed by atoms with Crippen LogP contribution in [0.1, 0.15) is 54.4 Å². The van der Waals surface area contributed by atoms with Gasteiger partial charge < -0.3 is 28.8 Å². The van der Waals surface area contributed by atoms with Crippen molar-refractivity contribution in [1.29, 1.82) is 0 Å². The molecule has 0 fully saturated rings. The average molecular weight is 483 g/mol. The minimum Gasteiger partial charge on any atom is -0.463 e. The quantitative estimate of drug-likeness (QED) is 0.365. The van der Waals surface area contributed by atoms with Gasteiger partial charge in [0.15, 0.2) is 11.7 Å². The lowest BCUT2D eigenvalue weighted by atomic mass is 9.82. The van der Waals surface area contributed by atoms with Crippen molar-refractivity contribution >= 4 is 23.9 Å². The standard InChI is InChI=1S/C24H34O10/c1-13(2)7-20(27)33-19-9-18-17(10-30-15(5)25)11-31-23(34-21(28)8-14(3)4)22(18)24(19,29)12-32-16(6)26/h9,11,13-14,19,22-23,29H,7-8,10,12H2,1-6H3/t19-,22+,23-,24+/m0/s1. The molecule has 2 rings (SSSR count). The van der Waals surface area contributed by atoms with Gasteiger partial charge in [0.2, 0.25) is 0 Å². The van der Waals surface area contributed by atoms with Gasteiger partial charge in [-0.25, -0.2) is 0 Å². The summed E-state index contributed by atoms with van der Waals surface area (Å²) < 4.78 is 26.9. The molecule has 10 heteroatoms. The van der Waals surface area contributed by atoms with E-state index < -0.39 is 54.4 Å². The van der Waals surface area contributed by atoms with Gasteiger partial charge in [-0.1, -0.05) is 27.7 Å².